The van der Waals surface area contributed by atoms with Gasteiger partial charge >= 0.3 is 12.2 Å². The van der Waals surface area contributed by atoms with Crippen LogP contribution >= 0.6 is 0 Å². The normalized spacial score (nSPS) is 15.9. The van der Waals surface area contributed by atoms with E-state index in [0.29, 0.717) is 5.95 Å². The second kappa shape index (κ2) is 6.74. The molecule has 0 amide bonds. The van der Waals surface area contributed by atoms with Crippen LogP contribution in [-0.2, 0) is 0 Å². The van der Waals surface area contributed by atoms with Crippen LogP contribution in [0.1, 0.15) is 25.7 Å². The number of nitrogen functional groups attached to an aromatic ring is 1. The Labute approximate surface area is 119 Å². The van der Waals surface area contributed by atoms with E-state index in [1.54, 1.807) is 0 Å². The van der Waals surface area contributed by atoms with Crippen molar-refractivity contribution in [2.75, 3.05) is 30.0 Å². The topological polar surface area (TPSA) is 89.2 Å². The van der Waals surface area contributed by atoms with Gasteiger partial charge in [-0.15, -0.1) is 0 Å². The minimum Gasteiger partial charge on any atom is -0.463 e. The van der Waals surface area contributed by atoms with Gasteiger partial charge in [-0.2, -0.15) is 28.1 Å². The van der Waals surface area contributed by atoms with Gasteiger partial charge in [-0.05, 0) is 19.3 Å². The van der Waals surface area contributed by atoms with Gasteiger partial charge in [0, 0.05) is 13.1 Å². The number of halogens is 3. The van der Waals surface area contributed by atoms with Crippen molar-refractivity contribution >= 4 is 11.9 Å². The largest absolute Gasteiger partial charge is 0.463 e. The van der Waals surface area contributed by atoms with Crippen LogP contribution in [0.3, 0.4) is 0 Å². The van der Waals surface area contributed by atoms with Crippen LogP contribution in [0.2, 0.25) is 0 Å². The minimum absolute atomic E-state index is 0.0626. The first kappa shape index (κ1) is 15.5. The molecule has 0 unspecified atom stereocenters. The SMILES string of the molecule is NNc1nc(OCCC(F)(F)F)nc(N2CCCCC2)n1. The maximum absolute atomic E-state index is 12.1. The Morgan fingerprint density at radius 2 is 1.86 bits per heavy atom. The van der Waals surface area contributed by atoms with E-state index in [-0.39, 0.29) is 12.0 Å². The lowest BCUT2D eigenvalue weighted by Gasteiger charge is -2.26. The third-order valence-electron chi connectivity index (χ3n) is 2.99. The summed E-state index contributed by atoms with van der Waals surface area (Å²) in [4.78, 5) is 13.9. The molecule has 1 aromatic heterocycles. The van der Waals surface area contributed by atoms with Gasteiger partial charge in [0.05, 0.1) is 6.42 Å². The van der Waals surface area contributed by atoms with Crippen molar-refractivity contribution in [2.45, 2.75) is 31.9 Å². The first-order valence-electron chi connectivity index (χ1n) is 6.65. The lowest BCUT2D eigenvalue weighted by Crippen LogP contribution is -2.31. The third kappa shape index (κ3) is 4.88. The number of alkyl halides is 3. The Morgan fingerprint density at radius 1 is 1.14 bits per heavy atom. The molecule has 0 radical (unpaired) electrons. The Balaban J connectivity index is 2.06. The molecule has 0 saturated carbocycles. The quantitative estimate of drug-likeness (QED) is 0.629. The van der Waals surface area contributed by atoms with Gasteiger partial charge < -0.3 is 9.64 Å². The molecule has 1 fully saturated rings. The number of piperidine rings is 1. The standard InChI is InChI=1S/C11H17F3N6O/c12-11(13,14)4-7-21-10-17-8(19-15)16-9(18-10)20-5-2-1-3-6-20/h1-7,15H2,(H,16,17,18,19). The molecule has 1 aromatic rings. The van der Waals surface area contributed by atoms with Gasteiger partial charge in [0.2, 0.25) is 11.9 Å². The molecule has 0 aliphatic carbocycles. The van der Waals surface area contributed by atoms with E-state index >= 15 is 0 Å². The van der Waals surface area contributed by atoms with E-state index in [1.165, 1.54) is 0 Å². The fourth-order valence-corrected chi connectivity index (χ4v) is 1.97. The van der Waals surface area contributed by atoms with E-state index in [9.17, 15) is 13.2 Å². The van der Waals surface area contributed by atoms with Crippen LogP contribution in [0.4, 0.5) is 25.1 Å². The smallest absolute Gasteiger partial charge is 0.392 e. The summed E-state index contributed by atoms with van der Waals surface area (Å²) in [5, 5.41) is 0. The summed E-state index contributed by atoms with van der Waals surface area (Å²) >= 11 is 0. The third-order valence-corrected chi connectivity index (χ3v) is 2.99. The average molecular weight is 306 g/mol. The maximum Gasteiger partial charge on any atom is 0.392 e. The summed E-state index contributed by atoms with van der Waals surface area (Å²) in [5.41, 5.74) is 2.26. The molecular formula is C11H17F3N6O. The summed E-state index contributed by atoms with van der Waals surface area (Å²) in [6, 6.07) is -0.164. The number of hydrazine groups is 1. The Morgan fingerprint density at radius 3 is 2.48 bits per heavy atom. The Bertz CT molecular complexity index is 464. The summed E-state index contributed by atoms with van der Waals surface area (Å²) in [7, 11) is 0. The second-order valence-corrected chi connectivity index (χ2v) is 4.65. The predicted molar refractivity (Wildman–Crippen MR) is 69.9 cm³/mol. The van der Waals surface area contributed by atoms with Crippen LogP contribution in [0, 0.1) is 0 Å². The maximum atomic E-state index is 12.1. The highest BCUT2D eigenvalue weighted by molar-refractivity contribution is 5.37. The van der Waals surface area contributed by atoms with Gasteiger partial charge in [0.15, 0.2) is 0 Å². The number of hydrogen-bond donors (Lipinski definition) is 2. The number of aromatic nitrogens is 3. The molecule has 1 aliphatic heterocycles. The zero-order chi connectivity index (χ0) is 15.3. The molecule has 2 rings (SSSR count). The lowest BCUT2D eigenvalue weighted by molar-refractivity contribution is -0.139. The van der Waals surface area contributed by atoms with Gasteiger partial charge in [-0.25, -0.2) is 5.84 Å². The predicted octanol–water partition coefficient (Wildman–Crippen LogP) is 1.48. The molecule has 21 heavy (non-hydrogen) atoms. The molecule has 118 valence electrons. The summed E-state index contributed by atoms with van der Waals surface area (Å²) < 4.78 is 41.3. The number of hydrogen-bond acceptors (Lipinski definition) is 7. The van der Waals surface area contributed by atoms with Crippen molar-refractivity contribution in [3.63, 3.8) is 0 Å². The molecule has 2 heterocycles. The molecule has 1 aliphatic rings. The lowest BCUT2D eigenvalue weighted by atomic mass is 10.1. The van der Waals surface area contributed by atoms with Crippen LogP contribution in [0.15, 0.2) is 0 Å². The summed E-state index contributed by atoms with van der Waals surface area (Å²) in [5.74, 6) is 5.68. The van der Waals surface area contributed by atoms with Gasteiger partial charge in [0.1, 0.15) is 6.61 Å². The Hall–Kier alpha value is -1.84. The van der Waals surface area contributed by atoms with E-state index in [1.807, 2.05) is 4.90 Å². The van der Waals surface area contributed by atoms with Crippen LogP contribution in [0.5, 0.6) is 6.01 Å². The Kier molecular flexibility index (Phi) is 4.99. The van der Waals surface area contributed by atoms with Gasteiger partial charge in [-0.1, -0.05) is 0 Å². The highest BCUT2D eigenvalue weighted by Gasteiger charge is 2.27. The summed E-state index contributed by atoms with van der Waals surface area (Å²) in [6.45, 7) is 1.03. The first-order valence-corrected chi connectivity index (χ1v) is 6.65. The molecule has 0 aromatic carbocycles. The highest BCUT2D eigenvalue weighted by atomic mass is 19.4. The number of nitrogens with two attached hydrogens (primary N) is 1. The van der Waals surface area contributed by atoms with Crippen molar-refractivity contribution < 1.29 is 17.9 Å². The zero-order valence-corrected chi connectivity index (χ0v) is 11.4. The average Bonchev–Trinajstić information content (AvgIpc) is 2.46. The fraction of sp³-hybridized carbons (Fsp3) is 0.727. The van der Waals surface area contributed by atoms with Crippen LogP contribution < -0.4 is 20.9 Å². The van der Waals surface area contributed by atoms with Crippen LogP contribution in [-0.4, -0.2) is 40.8 Å². The molecular weight excluding hydrogens is 289 g/mol. The molecule has 3 N–H and O–H groups in total. The number of rotatable bonds is 5. The zero-order valence-electron chi connectivity index (χ0n) is 11.4. The number of anilines is 2. The number of ether oxygens (including phenoxy) is 1. The molecule has 10 heteroatoms. The summed E-state index contributed by atoms with van der Waals surface area (Å²) in [6.07, 6.45) is -2.18. The van der Waals surface area contributed by atoms with Crippen molar-refractivity contribution in [2.24, 2.45) is 5.84 Å². The van der Waals surface area contributed by atoms with Crippen molar-refractivity contribution in [1.29, 1.82) is 0 Å². The molecule has 0 atom stereocenters. The van der Waals surface area contributed by atoms with Crippen molar-refractivity contribution in [3.8, 4) is 6.01 Å². The van der Waals surface area contributed by atoms with E-state index < -0.39 is 19.2 Å². The monoisotopic (exact) mass is 306 g/mol. The fourth-order valence-electron chi connectivity index (χ4n) is 1.97. The van der Waals surface area contributed by atoms with Gasteiger partial charge in [0.25, 0.3) is 0 Å². The number of nitrogens with zero attached hydrogens (tertiary/aromatic N) is 4. The minimum atomic E-state index is -4.28. The second-order valence-electron chi connectivity index (χ2n) is 4.65. The first-order chi connectivity index (χ1) is 9.98. The number of nitrogens with one attached hydrogen (secondary N) is 1. The van der Waals surface area contributed by atoms with Gasteiger partial charge in [-0.3, -0.25) is 5.43 Å². The highest BCUT2D eigenvalue weighted by Crippen LogP contribution is 2.21. The molecule has 1 saturated heterocycles. The van der Waals surface area contributed by atoms with Crippen molar-refractivity contribution in [3.05, 3.63) is 0 Å². The molecule has 7 nitrogen and oxygen atoms in total. The van der Waals surface area contributed by atoms with Crippen LogP contribution in [0.25, 0.3) is 0 Å². The van der Waals surface area contributed by atoms with E-state index in [4.69, 9.17) is 10.6 Å². The molecule has 0 bridgehead atoms. The van der Waals surface area contributed by atoms with E-state index in [0.717, 1.165) is 32.4 Å². The van der Waals surface area contributed by atoms with E-state index in [2.05, 4.69) is 20.4 Å². The molecule has 0 spiro atoms. The van der Waals surface area contributed by atoms with Crippen molar-refractivity contribution in [1.82, 2.24) is 15.0 Å².